The van der Waals surface area contributed by atoms with Gasteiger partial charge in [-0.2, -0.15) is 0 Å². The van der Waals surface area contributed by atoms with Gasteiger partial charge in [-0.05, 0) is 86.2 Å². The molecule has 0 amide bonds. The van der Waals surface area contributed by atoms with Gasteiger partial charge >= 0.3 is 0 Å². The zero-order valence-corrected chi connectivity index (χ0v) is 25.0. The van der Waals surface area contributed by atoms with E-state index in [4.69, 9.17) is 9.60 Å². The van der Waals surface area contributed by atoms with Gasteiger partial charge in [0.2, 0.25) is 0 Å². The Balaban J connectivity index is 1.41. The topological polar surface area (TPSA) is 3.24 Å². The molecule has 0 N–H and O–H groups in total. The summed E-state index contributed by atoms with van der Waals surface area (Å²) in [5, 5.41) is 1.24. The molecule has 1 nitrogen and oxygen atoms in total. The first-order valence-corrected chi connectivity index (χ1v) is 15.1. The number of hydrogen-bond donors (Lipinski definition) is 0. The minimum atomic E-state index is -0.728. The molecule has 0 aliphatic heterocycles. The van der Waals surface area contributed by atoms with Crippen molar-refractivity contribution in [1.82, 2.24) is 0 Å². The smallest absolute Gasteiger partial charge is 0.0645 e. The summed E-state index contributed by atoms with van der Waals surface area (Å²) in [4.78, 5) is 1.20. The third-order valence-corrected chi connectivity index (χ3v) is 7.91. The quantitative estimate of drug-likeness (QED) is 0.173. The van der Waals surface area contributed by atoms with Crippen LogP contribution in [0, 0.1) is 0 Å². The van der Waals surface area contributed by atoms with Crippen molar-refractivity contribution in [3.05, 3.63) is 200 Å². The van der Waals surface area contributed by atoms with E-state index in [2.05, 4.69) is 0 Å². The summed E-state index contributed by atoms with van der Waals surface area (Å²) < 4.78 is 117. The monoisotopic (exact) mass is 612 g/mol. The van der Waals surface area contributed by atoms with E-state index in [0.717, 1.165) is 22.3 Å². The molecule has 0 radical (unpaired) electrons. The molecule has 8 rings (SSSR count). The van der Waals surface area contributed by atoms with Gasteiger partial charge in [-0.1, -0.05) is 164 Å². The van der Waals surface area contributed by atoms with Crippen LogP contribution in [0.15, 0.2) is 200 Å². The van der Waals surface area contributed by atoms with Gasteiger partial charge in [0.25, 0.3) is 0 Å². The number of benzene rings is 8. The van der Waals surface area contributed by atoms with Gasteiger partial charge in [-0.15, -0.1) is 0 Å². The molecule has 0 aliphatic rings. The first-order chi connectivity index (χ1) is 28.7. The maximum atomic E-state index is 9.55. The minimum absolute atomic E-state index is 0.0134. The number of rotatable bonds is 7. The van der Waals surface area contributed by atoms with E-state index in [1.165, 1.54) is 4.90 Å². The van der Waals surface area contributed by atoms with Crippen LogP contribution in [0.2, 0.25) is 0 Å². The zero-order valence-electron chi connectivity index (χ0n) is 38.0. The average Bonchev–Trinajstić information content (AvgIpc) is 3.27. The molecule has 0 unspecified atom stereocenters. The van der Waals surface area contributed by atoms with Crippen molar-refractivity contribution in [3.8, 4) is 44.5 Å². The minimum Gasteiger partial charge on any atom is -0.310 e. The Kier molecular flexibility index (Phi) is 4.72. The SMILES string of the molecule is [2H]c1c([2H])c([2H])c(-c2c([2H])c([2H])c(N(c3c([2H])c([2H])c(-c4ccc(-c5ccccc5)c(-c5ccccc5)c4)c([2H])c3[2H])c3cccc4ccccc34)c([2H])c2[2H])c([2H])c1[2H]. The molecular formula is C46H33N. The third kappa shape index (κ3) is 5.72. The standard InChI is InChI=1S/C46H33N/c1-4-13-34(14-5-1)35-23-28-41(29-24-35)47(46-22-12-20-38-19-10-11-21-44(38)46)42-30-25-36(26-31-42)40-27-32-43(37-15-6-2-7-16-37)45(33-40)39-17-8-3-9-18-39/h1-33H/i1D,4D,5D,13D,14D,23D,24D,25D,26D,28D,29D,30D,31D. The Morgan fingerprint density at radius 2 is 0.894 bits per heavy atom. The van der Waals surface area contributed by atoms with Crippen molar-refractivity contribution in [2.75, 3.05) is 4.90 Å². The summed E-state index contributed by atoms with van der Waals surface area (Å²) >= 11 is 0. The van der Waals surface area contributed by atoms with E-state index in [1.54, 1.807) is 36.4 Å². The van der Waals surface area contributed by atoms with Crippen molar-refractivity contribution in [2.45, 2.75) is 0 Å². The molecule has 47 heavy (non-hydrogen) atoms. The van der Waals surface area contributed by atoms with Gasteiger partial charge in [0.15, 0.2) is 0 Å². The van der Waals surface area contributed by atoms with Crippen molar-refractivity contribution >= 4 is 27.8 Å². The van der Waals surface area contributed by atoms with Crippen LogP contribution < -0.4 is 4.90 Å². The Hall–Kier alpha value is -6.18. The van der Waals surface area contributed by atoms with Gasteiger partial charge in [0, 0.05) is 16.8 Å². The number of fused-ring (bicyclic) bond motifs is 1. The van der Waals surface area contributed by atoms with Gasteiger partial charge in [-0.25, -0.2) is 0 Å². The maximum Gasteiger partial charge on any atom is 0.0645 e. The van der Waals surface area contributed by atoms with Crippen LogP contribution in [-0.4, -0.2) is 0 Å². The molecule has 0 fully saturated rings. The Morgan fingerprint density at radius 1 is 0.362 bits per heavy atom. The molecule has 0 saturated heterocycles. The fourth-order valence-electron chi connectivity index (χ4n) is 5.66. The molecule has 8 aromatic carbocycles. The number of hydrogen-bond acceptors (Lipinski definition) is 1. The zero-order chi connectivity index (χ0) is 42.7. The molecule has 0 aliphatic carbocycles. The van der Waals surface area contributed by atoms with E-state index >= 15 is 0 Å². The second kappa shape index (κ2) is 12.7. The van der Waals surface area contributed by atoms with Crippen LogP contribution in [0.25, 0.3) is 55.3 Å². The van der Waals surface area contributed by atoms with Crippen molar-refractivity contribution in [3.63, 3.8) is 0 Å². The molecule has 0 spiro atoms. The molecule has 0 atom stereocenters. The average molecular weight is 613 g/mol. The van der Waals surface area contributed by atoms with E-state index in [9.17, 15) is 8.22 Å². The van der Waals surface area contributed by atoms with Gasteiger partial charge in [-0.3, -0.25) is 0 Å². The van der Waals surface area contributed by atoms with E-state index in [-0.39, 0.29) is 16.9 Å². The molecule has 222 valence electrons. The first-order valence-electron chi connectivity index (χ1n) is 21.6. The number of anilines is 3. The second-order valence-corrected chi connectivity index (χ2v) is 10.8. The van der Waals surface area contributed by atoms with Gasteiger partial charge in [0.1, 0.15) is 0 Å². The van der Waals surface area contributed by atoms with E-state index in [0.29, 0.717) is 16.3 Å². The predicted molar refractivity (Wildman–Crippen MR) is 200 cm³/mol. The highest BCUT2D eigenvalue weighted by molar-refractivity contribution is 5.99. The normalized spacial score (nSPS) is 14.9. The lowest BCUT2D eigenvalue weighted by molar-refractivity contribution is 1.30. The van der Waals surface area contributed by atoms with Crippen molar-refractivity contribution in [1.29, 1.82) is 0 Å². The van der Waals surface area contributed by atoms with Gasteiger partial charge < -0.3 is 4.90 Å². The van der Waals surface area contributed by atoms with E-state index < -0.39 is 95.4 Å². The van der Waals surface area contributed by atoms with Crippen molar-refractivity contribution < 1.29 is 17.8 Å². The summed E-state index contributed by atoms with van der Waals surface area (Å²) in [5.74, 6) is 0. The number of nitrogens with zero attached hydrogens (tertiary/aromatic N) is 1. The van der Waals surface area contributed by atoms with Crippen LogP contribution >= 0.6 is 0 Å². The lowest BCUT2D eigenvalue weighted by atomic mass is 9.91. The van der Waals surface area contributed by atoms with Crippen molar-refractivity contribution in [2.24, 2.45) is 0 Å². The Bertz CT molecular complexity index is 2930. The van der Waals surface area contributed by atoms with Crippen LogP contribution in [0.1, 0.15) is 17.8 Å². The largest absolute Gasteiger partial charge is 0.310 e. The highest BCUT2D eigenvalue weighted by atomic mass is 15.1. The first kappa shape index (κ1) is 17.5. The maximum absolute atomic E-state index is 9.55. The lowest BCUT2D eigenvalue weighted by Crippen LogP contribution is -2.10. The van der Waals surface area contributed by atoms with Gasteiger partial charge in [0.05, 0.1) is 23.5 Å². The fourth-order valence-corrected chi connectivity index (χ4v) is 5.66. The fraction of sp³-hybridized carbons (Fsp3) is 0. The predicted octanol–water partition coefficient (Wildman–Crippen LogP) is 13.0. The summed E-state index contributed by atoms with van der Waals surface area (Å²) in [6.07, 6.45) is 0. The molecule has 0 heterocycles. The molecule has 0 bridgehead atoms. The van der Waals surface area contributed by atoms with E-state index in [1.807, 2.05) is 84.9 Å². The Morgan fingerprint density at radius 3 is 1.55 bits per heavy atom. The van der Waals surface area contributed by atoms with Crippen LogP contribution in [0.3, 0.4) is 0 Å². The summed E-state index contributed by atoms with van der Waals surface area (Å²) in [5.41, 5.74) is 2.39. The third-order valence-electron chi connectivity index (χ3n) is 7.91. The highest BCUT2D eigenvalue weighted by Crippen LogP contribution is 2.41. The van der Waals surface area contributed by atoms with Crippen LogP contribution in [-0.2, 0) is 0 Å². The Labute approximate surface area is 294 Å². The molecule has 8 aromatic rings. The second-order valence-electron chi connectivity index (χ2n) is 10.8. The summed E-state index contributed by atoms with van der Waals surface area (Å²) in [7, 11) is 0. The lowest BCUT2D eigenvalue weighted by Gasteiger charge is -2.27. The summed E-state index contributed by atoms with van der Waals surface area (Å²) in [6.45, 7) is 0. The molecule has 0 saturated carbocycles. The van der Waals surface area contributed by atoms with Crippen LogP contribution in [0.4, 0.5) is 17.1 Å². The van der Waals surface area contributed by atoms with Crippen LogP contribution in [0.5, 0.6) is 0 Å². The highest BCUT2D eigenvalue weighted by Gasteiger charge is 2.16. The molecule has 0 aromatic heterocycles. The molecule has 1 heteroatoms. The summed E-state index contributed by atoms with van der Waals surface area (Å²) in [6, 6.07) is 28.9. The molecular weight excluding hydrogens is 567 g/mol.